The second-order valence-electron chi connectivity index (χ2n) is 8.09. The standard InChI is InChI=1S/C15H30O5Si/c1-14(2,3)21(6,7)17-9-10-8-11-12(13(16)18-10)20-15(4,5)19-11/h10-13,16H,8-9H2,1-7H3/t10-,11-,12-,13-/m0/s1. The highest BCUT2D eigenvalue weighted by molar-refractivity contribution is 6.74. The molecule has 2 saturated heterocycles. The summed E-state index contributed by atoms with van der Waals surface area (Å²) in [6, 6.07) is 0. The lowest BCUT2D eigenvalue weighted by Gasteiger charge is -2.39. The molecule has 21 heavy (non-hydrogen) atoms. The molecule has 6 heteroatoms. The molecule has 0 aromatic carbocycles. The molecule has 124 valence electrons. The first-order valence-electron chi connectivity index (χ1n) is 7.74. The molecule has 2 fully saturated rings. The molecule has 4 atom stereocenters. The van der Waals surface area contributed by atoms with Crippen LogP contribution in [0.1, 0.15) is 41.0 Å². The minimum Gasteiger partial charge on any atom is -0.414 e. The third-order valence-corrected chi connectivity index (χ3v) is 9.27. The molecule has 0 unspecified atom stereocenters. The molecule has 2 aliphatic rings. The van der Waals surface area contributed by atoms with E-state index in [4.69, 9.17) is 18.6 Å². The molecule has 2 aliphatic heterocycles. The van der Waals surface area contributed by atoms with Gasteiger partial charge in [-0.05, 0) is 32.0 Å². The lowest BCUT2D eigenvalue weighted by molar-refractivity contribution is -0.233. The van der Waals surface area contributed by atoms with E-state index in [1.54, 1.807) is 0 Å². The van der Waals surface area contributed by atoms with Crippen LogP contribution in [0.2, 0.25) is 18.1 Å². The van der Waals surface area contributed by atoms with Gasteiger partial charge in [-0.3, -0.25) is 0 Å². The van der Waals surface area contributed by atoms with E-state index < -0.39 is 26.5 Å². The van der Waals surface area contributed by atoms with Gasteiger partial charge in [-0.15, -0.1) is 0 Å². The lowest BCUT2D eigenvalue weighted by Crippen LogP contribution is -2.50. The molecule has 0 saturated carbocycles. The van der Waals surface area contributed by atoms with E-state index in [1.165, 1.54) is 0 Å². The molecular weight excluding hydrogens is 288 g/mol. The van der Waals surface area contributed by atoms with Crippen molar-refractivity contribution in [2.24, 2.45) is 0 Å². The maximum absolute atomic E-state index is 10.1. The molecule has 2 rings (SSSR count). The average Bonchev–Trinajstić information content (AvgIpc) is 2.60. The highest BCUT2D eigenvalue weighted by atomic mass is 28.4. The zero-order valence-corrected chi connectivity index (χ0v) is 15.3. The van der Waals surface area contributed by atoms with Gasteiger partial charge in [-0.1, -0.05) is 20.8 Å². The molecule has 0 spiro atoms. The van der Waals surface area contributed by atoms with Crippen LogP contribution < -0.4 is 0 Å². The van der Waals surface area contributed by atoms with E-state index >= 15 is 0 Å². The topological polar surface area (TPSA) is 57.2 Å². The maximum Gasteiger partial charge on any atom is 0.192 e. The Morgan fingerprint density at radius 3 is 2.43 bits per heavy atom. The molecule has 1 N–H and O–H groups in total. The number of aliphatic hydroxyl groups is 1. The second-order valence-corrected chi connectivity index (χ2v) is 12.9. The quantitative estimate of drug-likeness (QED) is 0.811. The number of ether oxygens (including phenoxy) is 3. The van der Waals surface area contributed by atoms with E-state index in [-0.39, 0.29) is 17.2 Å². The molecule has 2 heterocycles. The Balaban J connectivity index is 1.92. The number of fused-ring (bicyclic) bond motifs is 1. The zero-order valence-electron chi connectivity index (χ0n) is 14.3. The Labute approximate surface area is 129 Å². The first kappa shape index (κ1) is 17.4. The molecule has 0 bridgehead atoms. The van der Waals surface area contributed by atoms with Crippen LogP contribution in [-0.2, 0) is 18.6 Å². The van der Waals surface area contributed by atoms with Gasteiger partial charge in [-0.2, -0.15) is 0 Å². The zero-order chi connectivity index (χ0) is 16.1. The van der Waals surface area contributed by atoms with Crippen LogP contribution in [0.25, 0.3) is 0 Å². The second kappa shape index (κ2) is 5.58. The summed E-state index contributed by atoms with van der Waals surface area (Å²) in [5, 5.41) is 10.3. The lowest BCUT2D eigenvalue weighted by atomic mass is 10.0. The largest absolute Gasteiger partial charge is 0.414 e. The van der Waals surface area contributed by atoms with Gasteiger partial charge in [0.05, 0.1) is 18.8 Å². The molecule has 5 nitrogen and oxygen atoms in total. The van der Waals surface area contributed by atoms with Crippen LogP contribution in [0.4, 0.5) is 0 Å². The van der Waals surface area contributed by atoms with Crippen molar-refractivity contribution < 1.29 is 23.7 Å². The van der Waals surface area contributed by atoms with Crippen molar-refractivity contribution in [1.82, 2.24) is 0 Å². The van der Waals surface area contributed by atoms with E-state index in [9.17, 15) is 5.11 Å². The summed E-state index contributed by atoms with van der Waals surface area (Å²) in [7, 11) is -1.81. The fourth-order valence-electron chi connectivity index (χ4n) is 2.50. The maximum atomic E-state index is 10.1. The number of aliphatic hydroxyl groups excluding tert-OH is 1. The highest BCUT2D eigenvalue weighted by Gasteiger charge is 2.50. The van der Waals surface area contributed by atoms with Gasteiger partial charge in [0, 0.05) is 6.42 Å². The van der Waals surface area contributed by atoms with Gasteiger partial charge >= 0.3 is 0 Å². The molecular formula is C15H30O5Si. The van der Waals surface area contributed by atoms with Crippen molar-refractivity contribution in [3.8, 4) is 0 Å². The summed E-state index contributed by atoms with van der Waals surface area (Å²) in [6.45, 7) is 15.3. The number of hydrogen-bond donors (Lipinski definition) is 1. The molecule has 0 aliphatic carbocycles. The number of rotatable bonds is 3. The Hall–Kier alpha value is 0.0169. The monoisotopic (exact) mass is 318 g/mol. The van der Waals surface area contributed by atoms with Crippen molar-refractivity contribution in [2.45, 2.75) is 89.6 Å². The van der Waals surface area contributed by atoms with Crippen LogP contribution in [0, 0.1) is 0 Å². The van der Waals surface area contributed by atoms with E-state index in [0.29, 0.717) is 13.0 Å². The van der Waals surface area contributed by atoms with Gasteiger partial charge in [0.2, 0.25) is 0 Å². The van der Waals surface area contributed by atoms with Crippen LogP contribution in [0.15, 0.2) is 0 Å². The minimum atomic E-state index is -1.81. The number of hydrogen-bond acceptors (Lipinski definition) is 5. The Kier molecular flexibility index (Phi) is 4.62. The van der Waals surface area contributed by atoms with Crippen molar-refractivity contribution in [2.75, 3.05) is 6.61 Å². The van der Waals surface area contributed by atoms with Crippen molar-refractivity contribution in [3.63, 3.8) is 0 Å². The van der Waals surface area contributed by atoms with E-state index in [0.717, 1.165) is 0 Å². The van der Waals surface area contributed by atoms with Crippen LogP contribution >= 0.6 is 0 Å². The third-order valence-electron chi connectivity index (χ3n) is 4.77. The third kappa shape index (κ3) is 3.86. The van der Waals surface area contributed by atoms with Gasteiger partial charge < -0.3 is 23.7 Å². The SMILES string of the molecule is CC1(C)O[C@H]2[C@H](C[C@@H](CO[Si](C)(C)C(C)(C)C)O[C@@H]2O)O1. The smallest absolute Gasteiger partial charge is 0.192 e. The molecule has 0 radical (unpaired) electrons. The van der Waals surface area contributed by atoms with Gasteiger partial charge in [0.1, 0.15) is 6.10 Å². The molecule has 0 amide bonds. The summed E-state index contributed by atoms with van der Waals surface area (Å²) >= 11 is 0. The van der Waals surface area contributed by atoms with E-state index in [2.05, 4.69) is 33.9 Å². The van der Waals surface area contributed by atoms with Gasteiger partial charge in [-0.25, -0.2) is 0 Å². The summed E-state index contributed by atoms with van der Waals surface area (Å²) in [6.07, 6.45) is -0.924. The summed E-state index contributed by atoms with van der Waals surface area (Å²) in [4.78, 5) is 0. The first-order valence-corrected chi connectivity index (χ1v) is 10.7. The summed E-state index contributed by atoms with van der Waals surface area (Å²) in [5.74, 6) is -0.658. The summed E-state index contributed by atoms with van der Waals surface area (Å²) in [5.41, 5.74) is 0. The Bertz CT molecular complexity index is 377. The average molecular weight is 318 g/mol. The fraction of sp³-hybridized carbons (Fsp3) is 1.00. The normalized spacial score (nSPS) is 36.6. The van der Waals surface area contributed by atoms with E-state index in [1.807, 2.05) is 13.8 Å². The van der Waals surface area contributed by atoms with Gasteiger partial charge in [0.15, 0.2) is 20.4 Å². The molecule has 0 aromatic rings. The van der Waals surface area contributed by atoms with Crippen LogP contribution in [0.3, 0.4) is 0 Å². The van der Waals surface area contributed by atoms with Gasteiger partial charge in [0.25, 0.3) is 0 Å². The first-order chi connectivity index (χ1) is 9.41. The minimum absolute atomic E-state index is 0.128. The van der Waals surface area contributed by atoms with Crippen molar-refractivity contribution >= 4 is 8.32 Å². The Morgan fingerprint density at radius 2 is 1.86 bits per heavy atom. The van der Waals surface area contributed by atoms with Crippen molar-refractivity contribution in [1.29, 1.82) is 0 Å². The Morgan fingerprint density at radius 1 is 1.24 bits per heavy atom. The summed E-state index contributed by atoms with van der Waals surface area (Å²) < 4.78 is 23.4. The molecule has 0 aromatic heterocycles. The highest BCUT2D eigenvalue weighted by Crippen LogP contribution is 2.39. The van der Waals surface area contributed by atoms with Crippen molar-refractivity contribution in [3.05, 3.63) is 0 Å². The van der Waals surface area contributed by atoms with Crippen LogP contribution in [0.5, 0.6) is 0 Å². The predicted octanol–water partition coefficient (Wildman–Crippen LogP) is 2.64. The fourth-order valence-corrected chi connectivity index (χ4v) is 3.54. The predicted molar refractivity (Wildman–Crippen MR) is 82.5 cm³/mol. The van der Waals surface area contributed by atoms with Crippen LogP contribution in [-0.4, -0.2) is 50.4 Å².